The molecule has 0 aliphatic carbocycles. The molecule has 1 fully saturated rings. The van der Waals surface area contributed by atoms with Gasteiger partial charge in [-0.2, -0.15) is 0 Å². The number of nitrogens with one attached hydrogen (secondary N) is 1. The number of hydrogen-bond donors (Lipinski definition) is 1. The second-order valence-electron chi connectivity index (χ2n) is 7.05. The Bertz CT molecular complexity index is 720. The number of benzene rings is 1. The van der Waals surface area contributed by atoms with Crippen molar-refractivity contribution in [2.24, 2.45) is 0 Å². The maximum absolute atomic E-state index is 6.39. The molecule has 1 aromatic heterocycles. The second-order valence-corrected chi connectivity index (χ2v) is 7.49. The number of halogens is 1. The molecule has 4 rings (SSSR count). The van der Waals surface area contributed by atoms with E-state index in [4.69, 9.17) is 11.6 Å². The summed E-state index contributed by atoms with van der Waals surface area (Å²) in [6.45, 7) is 6.20. The quantitative estimate of drug-likeness (QED) is 0.913. The first kappa shape index (κ1) is 16.1. The predicted molar refractivity (Wildman–Crippen MR) is 98.2 cm³/mol. The van der Waals surface area contributed by atoms with Gasteiger partial charge in [-0.25, -0.2) is 0 Å². The molecule has 2 aromatic rings. The van der Waals surface area contributed by atoms with Crippen LogP contribution in [0.25, 0.3) is 0 Å². The summed E-state index contributed by atoms with van der Waals surface area (Å²) in [6.07, 6.45) is 5.56. The molecule has 0 saturated carbocycles. The fourth-order valence-electron chi connectivity index (χ4n) is 3.96. The first-order valence-electron chi connectivity index (χ1n) is 8.87. The van der Waals surface area contributed by atoms with Crippen molar-refractivity contribution in [1.82, 2.24) is 15.2 Å². The van der Waals surface area contributed by atoms with Crippen molar-refractivity contribution in [2.75, 3.05) is 13.1 Å². The molecule has 3 nitrogen and oxygen atoms in total. The molecule has 1 atom stereocenters. The Balaban J connectivity index is 1.58. The average molecular weight is 342 g/mol. The number of fused-ring (bicyclic) bond motifs is 1. The van der Waals surface area contributed by atoms with E-state index in [-0.39, 0.29) is 0 Å². The molecule has 4 heteroatoms. The van der Waals surface area contributed by atoms with Crippen LogP contribution in [0.5, 0.6) is 0 Å². The molecule has 0 unspecified atom stereocenters. The van der Waals surface area contributed by atoms with Crippen LogP contribution in [0.3, 0.4) is 0 Å². The zero-order chi connectivity index (χ0) is 16.5. The third-order valence-electron chi connectivity index (χ3n) is 5.24. The third-order valence-corrected chi connectivity index (χ3v) is 5.45. The Morgan fingerprint density at radius 2 is 2.25 bits per heavy atom. The lowest BCUT2D eigenvalue weighted by molar-refractivity contribution is 0.243. The predicted octanol–water partition coefficient (Wildman–Crippen LogP) is 4.03. The Morgan fingerprint density at radius 3 is 3.00 bits per heavy atom. The van der Waals surface area contributed by atoms with Crippen molar-refractivity contribution in [3.05, 3.63) is 63.4 Å². The van der Waals surface area contributed by atoms with Crippen molar-refractivity contribution >= 4 is 11.6 Å². The Morgan fingerprint density at radius 1 is 1.33 bits per heavy atom. The summed E-state index contributed by atoms with van der Waals surface area (Å²) in [5, 5.41) is 4.52. The maximum atomic E-state index is 6.39. The Hall–Kier alpha value is -1.42. The molecule has 1 saturated heterocycles. The number of pyridine rings is 1. The van der Waals surface area contributed by atoms with Crippen LogP contribution in [0, 0.1) is 6.92 Å². The molecule has 0 spiro atoms. The van der Waals surface area contributed by atoms with Crippen LogP contribution < -0.4 is 5.32 Å². The number of aryl methyl sites for hydroxylation is 1. The molecular weight excluding hydrogens is 318 g/mol. The smallest absolute Gasteiger partial charge is 0.0412 e. The van der Waals surface area contributed by atoms with Crippen LogP contribution in [0.1, 0.15) is 46.8 Å². The monoisotopic (exact) mass is 341 g/mol. The van der Waals surface area contributed by atoms with E-state index in [0.29, 0.717) is 6.04 Å². The third kappa shape index (κ3) is 3.34. The fourth-order valence-corrected chi connectivity index (χ4v) is 4.21. The van der Waals surface area contributed by atoms with Crippen LogP contribution in [0.2, 0.25) is 5.02 Å². The van der Waals surface area contributed by atoms with Crippen molar-refractivity contribution in [1.29, 1.82) is 0 Å². The molecular formula is C20H24ClN3. The number of hydrogen-bond acceptors (Lipinski definition) is 3. The van der Waals surface area contributed by atoms with Crippen LogP contribution in [-0.2, 0) is 19.5 Å². The van der Waals surface area contributed by atoms with E-state index in [9.17, 15) is 0 Å². The van der Waals surface area contributed by atoms with E-state index in [1.165, 1.54) is 35.1 Å². The minimum atomic E-state index is 0.471. The molecule has 0 amide bonds. The second kappa shape index (κ2) is 6.83. The number of rotatable bonds is 3. The average Bonchev–Trinajstić information content (AvgIpc) is 3.11. The topological polar surface area (TPSA) is 28.2 Å². The van der Waals surface area contributed by atoms with E-state index in [1.807, 2.05) is 13.1 Å². The summed E-state index contributed by atoms with van der Waals surface area (Å²) in [5.74, 6) is 0. The van der Waals surface area contributed by atoms with E-state index >= 15 is 0 Å². The lowest BCUT2D eigenvalue weighted by atomic mass is 9.90. The van der Waals surface area contributed by atoms with Gasteiger partial charge in [-0.05, 0) is 73.2 Å². The lowest BCUT2D eigenvalue weighted by Gasteiger charge is -2.32. The van der Waals surface area contributed by atoms with Gasteiger partial charge < -0.3 is 5.32 Å². The van der Waals surface area contributed by atoms with Gasteiger partial charge in [0.2, 0.25) is 0 Å². The molecule has 2 aliphatic heterocycles. The van der Waals surface area contributed by atoms with Gasteiger partial charge in [0.25, 0.3) is 0 Å². The van der Waals surface area contributed by atoms with E-state index in [0.717, 1.165) is 43.3 Å². The summed E-state index contributed by atoms with van der Waals surface area (Å²) in [6, 6.07) is 9.11. The van der Waals surface area contributed by atoms with Crippen molar-refractivity contribution in [3.63, 3.8) is 0 Å². The fraction of sp³-hybridized carbons (Fsp3) is 0.450. The summed E-state index contributed by atoms with van der Waals surface area (Å²) in [4.78, 5) is 6.96. The van der Waals surface area contributed by atoms with Gasteiger partial charge in [0.15, 0.2) is 0 Å². The van der Waals surface area contributed by atoms with Gasteiger partial charge in [0.05, 0.1) is 0 Å². The van der Waals surface area contributed by atoms with Gasteiger partial charge >= 0.3 is 0 Å². The summed E-state index contributed by atoms with van der Waals surface area (Å²) >= 11 is 6.39. The van der Waals surface area contributed by atoms with Crippen LogP contribution in [0.4, 0.5) is 0 Å². The van der Waals surface area contributed by atoms with Crippen molar-refractivity contribution < 1.29 is 0 Å². The zero-order valence-electron chi connectivity index (χ0n) is 14.2. The standard InChI is InChI=1S/C20H24ClN3/c1-14-4-5-15(11-23-14)12-24-8-6-16-9-17(21)10-18(19(16)13-24)20-3-2-7-22-20/h4-5,9-11,20,22H,2-3,6-8,12-13H2,1H3/t20-/m0/s1. The van der Waals surface area contributed by atoms with Gasteiger partial charge in [-0.1, -0.05) is 17.7 Å². The van der Waals surface area contributed by atoms with E-state index < -0.39 is 0 Å². The zero-order valence-corrected chi connectivity index (χ0v) is 14.9. The maximum Gasteiger partial charge on any atom is 0.0412 e. The van der Waals surface area contributed by atoms with Gasteiger partial charge in [-0.15, -0.1) is 0 Å². The summed E-state index contributed by atoms with van der Waals surface area (Å²) < 4.78 is 0. The first-order chi connectivity index (χ1) is 11.7. The molecule has 0 radical (unpaired) electrons. The largest absolute Gasteiger partial charge is 0.310 e. The molecule has 0 bridgehead atoms. The summed E-state index contributed by atoms with van der Waals surface area (Å²) in [5.41, 5.74) is 6.71. The molecule has 1 aromatic carbocycles. The highest BCUT2D eigenvalue weighted by molar-refractivity contribution is 6.30. The van der Waals surface area contributed by atoms with Gasteiger partial charge in [0.1, 0.15) is 0 Å². The van der Waals surface area contributed by atoms with Gasteiger partial charge in [0, 0.05) is 42.6 Å². The number of nitrogens with zero attached hydrogens (tertiary/aromatic N) is 2. The minimum Gasteiger partial charge on any atom is -0.310 e. The van der Waals surface area contributed by atoms with E-state index in [2.05, 4.69) is 39.5 Å². The highest BCUT2D eigenvalue weighted by atomic mass is 35.5. The first-order valence-corrected chi connectivity index (χ1v) is 9.25. The van der Waals surface area contributed by atoms with Crippen molar-refractivity contribution in [2.45, 2.75) is 45.3 Å². The van der Waals surface area contributed by atoms with Gasteiger partial charge in [-0.3, -0.25) is 9.88 Å². The highest BCUT2D eigenvalue weighted by Gasteiger charge is 2.25. The molecule has 126 valence electrons. The van der Waals surface area contributed by atoms with Crippen molar-refractivity contribution in [3.8, 4) is 0 Å². The molecule has 1 N–H and O–H groups in total. The highest BCUT2D eigenvalue weighted by Crippen LogP contribution is 2.34. The van der Waals surface area contributed by atoms with Crippen LogP contribution in [0.15, 0.2) is 30.5 Å². The summed E-state index contributed by atoms with van der Waals surface area (Å²) in [7, 11) is 0. The molecule has 3 heterocycles. The van der Waals surface area contributed by atoms with Crippen LogP contribution >= 0.6 is 11.6 Å². The molecule has 2 aliphatic rings. The Labute approximate surface area is 149 Å². The Kier molecular flexibility index (Phi) is 4.57. The molecule has 24 heavy (non-hydrogen) atoms. The van der Waals surface area contributed by atoms with Crippen LogP contribution in [-0.4, -0.2) is 23.0 Å². The van der Waals surface area contributed by atoms with E-state index in [1.54, 1.807) is 0 Å². The SMILES string of the molecule is Cc1ccc(CN2CCc3cc(Cl)cc([C@@H]4CCCN4)c3C2)cn1. The normalized spacial score (nSPS) is 21.0. The lowest BCUT2D eigenvalue weighted by Crippen LogP contribution is -2.31. The number of aromatic nitrogens is 1. The minimum absolute atomic E-state index is 0.471.